The number of benzene rings is 2. The third-order valence-corrected chi connectivity index (χ3v) is 2.74. The lowest BCUT2D eigenvalue weighted by Crippen LogP contribution is -2.13. The summed E-state index contributed by atoms with van der Waals surface area (Å²) in [5.74, 6) is -1.11. The van der Waals surface area contributed by atoms with E-state index in [1.54, 1.807) is 0 Å². The van der Waals surface area contributed by atoms with Crippen molar-refractivity contribution >= 4 is 28.9 Å². The first-order valence-corrected chi connectivity index (χ1v) is 5.86. The van der Waals surface area contributed by atoms with Crippen molar-refractivity contribution in [2.45, 2.75) is 0 Å². The van der Waals surface area contributed by atoms with Gasteiger partial charge in [0, 0.05) is 16.8 Å². The number of hydrogen-bond donors (Lipinski definition) is 1. The van der Waals surface area contributed by atoms with Crippen molar-refractivity contribution in [3.05, 3.63) is 69.0 Å². The van der Waals surface area contributed by atoms with Crippen LogP contribution < -0.4 is 5.32 Å². The number of carbonyl (C=O) groups excluding carboxylic acids is 1. The summed E-state index contributed by atoms with van der Waals surface area (Å²) in [6, 6.07) is 8.80. The molecule has 0 bridgehead atoms. The van der Waals surface area contributed by atoms with E-state index >= 15 is 0 Å². The highest BCUT2D eigenvalue weighted by molar-refractivity contribution is 6.31. The zero-order valence-corrected chi connectivity index (χ0v) is 10.7. The number of nitro benzene ring substituents is 1. The van der Waals surface area contributed by atoms with Crippen LogP contribution in [0.25, 0.3) is 0 Å². The molecule has 20 heavy (non-hydrogen) atoms. The average Bonchev–Trinajstić information content (AvgIpc) is 2.41. The molecule has 2 aromatic rings. The van der Waals surface area contributed by atoms with Gasteiger partial charge in [-0.25, -0.2) is 4.39 Å². The van der Waals surface area contributed by atoms with Crippen LogP contribution in [-0.4, -0.2) is 10.8 Å². The summed E-state index contributed by atoms with van der Waals surface area (Å²) in [5, 5.41) is 13.5. The summed E-state index contributed by atoms with van der Waals surface area (Å²) in [5.41, 5.74) is -0.179. The number of anilines is 1. The van der Waals surface area contributed by atoms with Crippen molar-refractivity contribution in [2.75, 3.05) is 5.32 Å². The van der Waals surface area contributed by atoms with Gasteiger partial charge in [-0.1, -0.05) is 11.6 Å². The number of carbonyl (C=O) groups is 1. The minimum absolute atomic E-state index is 0.122. The van der Waals surface area contributed by atoms with Gasteiger partial charge < -0.3 is 5.32 Å². The Hall–Kier alpha value is -2.47. The summed E-state index contributed by atoms with van der Waals surface area (Å²) < 4.78 is 12.7. The van der Waals surface area contributed by atoms with Gasteiger partial charge in [0.2, 0.25) is 0 Å². The Morgan fingerprint density at radius 3 is 2.45 bits per heavy atom. The summed E-state index contributed by atoms with van der Waals surface area (Å²) >= 11 is 5.67. The van der Waals surface area contributed by atoms with Crippen LogP contribution in [0.4, 0.5) is 15.8 Å². The van der Waals surface area contributed by atoms with Crippen molar-refractivity contribution in [3.63, 3.8) is 0 Å². The van der Waals surface area contributed by atoms with Crippen LogP contribution in [0.2, 0.25) is 5.02 Å². The second-order valence-corrected chi connectivity index (χ2v) is 4.32. The standard InChI is InChI=1S/C13H8ClFN2O3/c14-8-1-6-11(12(7-8)17(19)20)13(18)16-10-4-2-9(15)3-5-10/h1-7H,(H,16,18). The smallest absolute Gasteiger partial charge is 0.283 e. The van der Waals surface area contributed by atoms with Gasteiger partial charge >= 0.3 is 0 Å². The molecule has 0 radical (unpaired) electrons. The summed E-state index contributed by atoms with van der Waals surface area (Å²) in [4.78, 5) is 22.2. The van der Waals surface area contributed by atoms with E-state index in [-0.39, 0.29) is 10.6 Å². The molecule has 0 spiro atoms. The first-order chi connectivity index (χ1) is 9.47. The predicted octanol–water partition coefficient (Wildman–Crippen LogP) is 3.64. The maximum Gasteiger partial charge on any atom is 0.283 e. The fraction of sp³-hybridized carbons (Fsp3) is 0. The second kappa shape index (κ2) is 5.66. The molecule has 2 aromatic carbocycles. The number of amides is 1. The Kier molecular flexibility index (Phi) is 3.95. The molecule has 0 saturated carbocycles. The molecule has 0 unspecified atom stereocenters. The quantitative estimate of drug-likeness (QED) is 0.694. The Morgan fingerprint density at radius 2 is 1.85 bits per heavy atom. The molecule has 2 rings (SSSR count). The SMILES string of the molecule is O=C(Nc1ccc(F)cc1)c1ccc(Cl)cc1[N+](=O)[O-]. The minimum atomic E-state index is -0.689. The third-order valence-electron chi connectivity index (χ3n) is 2.50. The lowest BCUT2D eigenvalue weighted by atomic mass is 10.1. The Labute approximate surface area is 118 Å². The van der Waals surface area contributed by atoms with Crippen molar-refractivity contribution < 1.29 is 14.1 Å². The van der Waals surface area contributed by atoms with E-state index in [1.807, 2.05) is 0 Å². The molecule has 0 fully saturated rings. The fourth-order valence-electron chi connectivity index (χ4n) is 1.58. The molecule has 0 atom stereocenters. The zero-order valence-electron chi connectivity index (χ0n) is 9.97. The monoisotopic (exact) mass is 294 g/mol. The maximum atomic E-state index is 12.7. The lowest BCUT2D eigenvalue weighted by molar-refractivity contribution is -0.385. The van der Waals surface area contributed by atoms with Gasteiger partial charge in [0.15, 0.2) is 0 Å². The van der Waals surface area contributed by atoms with E-state index in [0.717, 1.165) is 6.07 Å². The average molecular weight is 295 g/mol. The lowest BCUT2D eigenvalue weighted by Gasteiger charge is -2.06. The first kappa shape index (κ1) is 14.0. The van der Waals surface area contributed by atoms with Crippen molar-refractivity contribution in [3.8, 4) is 0 Å². The first-order valence-electron chi connectivity index (χ1n) is 5.48. The molecule has 0 aliphatic heterocycles. The molecule has 0 aliphatic rings. The van der Waals surface area contributed by atoms with Crippen LogP contribution in [0.1, 0.15) is 10.4 Å². The highest BCUT2D eigenvalue weighted by Crippen LogP contribution is 2.24. The number of nitro groups is 1. The predicted molar refractivity (Wildman–Crippen MR) is 72.5 cm³/mol. The van der Waals surface area contributed by atoms with Crippen molar-refractivity contribution in [2.24, 2.45) is 0 Å². The minimum Gasteiger partial charge on any atom is -0.322 e. The van der Waals surface area contributed by atoms with E-state index in [4.69, 9.17) is 11.6 Å². The second-order valence-electron chi connectivity index (χ2n) is 3.88. The third kappa shape index (κ3) is 3.10. The Balaban J connectivity index is 2.29. The molecule has 5 nitrogen and oxygen atoms in total. The maximum absolute atomic E-state index is 12.7. The van der Waals surface area contributed by atoms with E-state index in [2.05, 4.69) is 5.32 Å². The van der Waals surface area contributed by atoms with E-state index in [1.165, 1.54) is 36.4 Å². The normalized spacial score (nSPS) is 10.1. The number of nitrogens with zero attached hydrogens (tertiary/aromatic N) is 1. The van der Waals surface area contributed by atoms with Crippen LogP contribution in [0.5, 0.6) is 0 Å². The van der Waals surface area contributed by atoms with E-state index in [9.17, 15) is 19.3 Å². The Morgan fingerprint density at radius 1 is 1.20 bits per heavy atom. The molecule has 1 N–H and O–H groups in total. The van der Waals surface area contributed by atoms with Gasteiger partial charge in [0.1, 0.15) is 11.4 Å². The van der Waals surface area contributed by atoms with Gasteiger partial charge in [-0.2, -0.15) is 0 Å². The number of hydrogen-bond acceptors (Lipinski definition) is 3. The van der Waals surface area contributed by atoms with Crippen LogP contribution in [0.3, 0.4) is 0 Å². The van der Waals surface area contributed by atoms with Crippen molar-refractivity contribution in [1.29, 1.82) is 0 Å². The highest BCUT2D eigenvalue weighted by atomic mass is 35.5. The fourth-order valence-corrected chi connectivity index (χ4v) is 1.75. The van der Waals surface area contributed by atoms with Crippen LogP contribution >= 0.6 is 11.6 Å². The molecule has 0 saturated heterocycles. The molecule has 7 heteroatoms. The van der Waals surface area contributed by atoms with E-state index in [0.29, 0.717) is 5.69 Å². The summed E-state index contributed by atoms with van der Waals surface area (Å²) in [7, 11) is 0. The number of nitrogens with one attached hydrogen (secondary N) is 1. The van der Waals surface area contributed by atoms with Crippen molar-refractivity contribution in [1.82, 2.24) is 0 Å². The molecule has 0 heterocycles. The molecule has 1 amide bonds. The molecule has 0 aliphatic carbocycles. The number of halogens is 2. The Bertz CT molecular complexity index is 674. The largest absolute Gasteiger partial charge is 0.322 e. The van der Waals surface area contributed by atoms with Gasteiger partial charge in [-0.3, -0.25) is 14.9 Å². The summed E-state index contributed by atoms with van der Waals surface area (Å²) in [6.45, 7) is 0. The van der Waals surface area contributed by atoms with Crippen LogP contribution in [0, 0.1) is 15.9 Å². The molecular weight excluding hydrogens is 287 g/mol. The zero-order chi connectivity index (χ0) is 14.7. The van der Waals surface area contributed by atoms with E-state index < -0.39 is 22.3 Å². The van der Waals surface area contributed by atoms with Gasteiger partial charge in [0.05, 0.1) is 4.92 Å². The van der Waals surface area contributed by atoms with Gasteiger partial charge in [-0.15, -0.1) is 0 Å². The molecular formula is C13H8ClFN2O3. The van der Waals surface area contributed by atoms with Crippen LogP contribution in [0.15, 0.2) is 42.5 Å². The van der Waals surface area contributed by atoms with Gasteiger partial charge in [-0.05, 0) is 36.4 Å². The van der Waals surface area contributed by atoms with Gasteiger partial charge in [0.25, 0.3) is 11.6 Å². The molecule has 0 aromatic heterocycles. The molecule has 102 valence electrons. The topological polar surface area (TPSA) is 72.2 Å². The summed E-state index contributed by atoms with van der Waals surface area (Å²) in [6.07, 6.45) is 0. The van der Waals surface area contributed by atoms with Crippen LogP contribution in [-0.2, 0) is 0 Å². The number of rotatable bonds is 3. The highest BCUT2D eigenvalue weighted by Gasteiger charge is 2.20.